The van der Waals surface area contributed by atoms with Gasteiger partial charge in [-0.25, -0.2) is 9.97 Å². The van der Waals surface area contributed by atoms with Crippen molar-refractivity contribution in [2.75, 3.05) is 0 Å². The average Bonchev–Trinajstić information content (AvgIpc) is 2.25. The zero-order valence-electron chi connectivity index (χ0n) is 8.35. The molecule has 0 aliphatic heterocycles. The number of carboxylic acid groups (broad SMARTS) is 1. The van der Waals surface area contributed by atoms with E-state index >= 15 is 0 Å². The second-order valence-electron chi connectivity index (χ2n) is 3.38. The van der Waals surface area contributed by atoms with Crippen LogP contribution in [0, 0.1) is 0 Å². The highest BCUT2D eigenvalue weighted by atomic mass is 79.9. The number of aromatic nitrogens is 2. The summed E-state index contributed by atoms with van der Waals surface area (Å²) in [4.78, 5) is 18.8. The van der Waals surface area contributed by atoms with E-state index in [-0.39, 0.29) is 6.42 Å². The van der Waals surface area contributed by atoms with Crippen LogP contribution >= 0.6 is 15.9 Å². The quantitative estimate of drug-likeness (QED) is 0.938. The van der Waals surface area contributed by atoms with Crippen LogP contribution in [-0.2, 0) is 11.2 Å². The normalized spacial score (nSPS) is 10.6. The van der Waals surface area contributed by atoms with Gasteiger partial charge >= 0.3 is 5.97 Å². The van der Waals surface area contributed by atoms with Crippen molar-refractivity contribution >= 4 is 32.8 Å². The van der Waals surface area contributed by atoms with Gasteiger partial charge in [-0.05, 0) is 18.2 Å². The third-order valence-corrected chi connectivity index (χ3v) is 2.75. The minimum Gasteiger partial charge on any atom is -0.481 e. The predicted octanol–water partition coefficient (Wildman–Crippen LogP) is 2.41. The van der Waals surface area contributed by atoms with Crippen molar-refractivity contribution in [2.45, 2.75) is 12.8 Å². The van der Waals surface area contributed by atoms with Gasteiger partial charge < -0.3 is 5.11 Å². The fourth-order valence-electron chi connectivity index (χ4n) is 1.51. The van der Waals surface area contributed by atoms with Crippen LogP contribution in [0.5, 0.6) is 0 Å². The van der Waals surface area contributed by atoms with E-state index in [1.807, 2.05) is 18.2 Å². The van der Waals surface area contributed by atoms with E-state index in [0.717, 1.165) is 21.1 Å². The summed E-state index contributed by atoms with van der Waals surface area (Å²) in [5.41, 5.74) is 1.60. The largest absolute Gasteiger partial charge is 0.481 e. The van der Waals surface area contributed by atoms with Crippen molar-refractivity contribution in [3.63, 3.8) is 0 Å². The molecule has 0 radical (unpaired) electrons. The van der Waals surface area contributed by atoms with Crippen LogP contribution in [-0.4, -0.2) is 21.0 Å². The number of rotatable bonds is 3. The lowest BCUT2D eigenvalue weighted by atomic mass is 10.1. The fourth-order valence-corrected chi connectivity index (χ4v) is 1.86. The molecule has 0 spiro atoms. The molecule has 5 heteroatoms. The number of nitrogens with zero attached hydrogens (tertiary/aromatic N) is 2. The molecule has 0 aliphatic rings. The molecule has 2 aromatic rings. The molecule has 82 valence electrons. The van der Waals surface area contributed by atoms with Gasteiger partial charge in [0.2, 0.25) is 0 Å². The van der Waals surface area contributed by atoms with Gasteiger partial charge in [-0.2, -0.15) is 0 Å². The summed E-state index contributed by atoms with van der Waals surface area (Å²) < 4.78 is 0.947. The van der Waals surface area contributed by atoms with Crippen LogP contribution in [0.3, 0.4) is 0 Å². The molecule has 16 heavy (non-hydrogen) atoms. The van der Waals surface area contributed by atoms with Gasteiger partial charge in [-0.3, -0.25) is 4.79 Å². The van der Waals surface area contributed by atoms with Crippen LogP contribution in [0.1, 0.15) is 12.1 Å². The third-order valence-electron chi connectivity index (χ3n) is 2.26. The maximum absolute atomic E-state index is 10.5. The lowest BCUT2D eigenvalue weighted by Gasteiger charge is -2.03. The molecular formula is C11H9BrN2O2. The van der Waals surface area contributed by atoms with Crippen molar-refractivity contribution in [3.05, 3.63) is 34.7 Å². The highest BCUT2D eigenvalue weighted by Gasteiger charge is 2.06. The number of hydrogen-bond acceptors (Lipinski definition) is 3. The number of fused-ring (bicyclic) bond motifs is 1. The highest BCUT2D eigenvalue weighted by Crippen LogP contribution is 2.20. The maximum Gasteiger partial charge on any atom is 0.303 e. The molecule has 0 amide bonds. The minimum atomic E-state index is -0.816. The predicted molar refractivity (Wildman–Crippen MR) is 63.2 cm³/mol. The molecule has 0 saturated carbocycles. The molecule has 0 fully saturated rings. The molecule has 2 rings (SSSR count). The van der Waals surface area contributed by atoms with E-state index < -0.39 is 5.97 Å². The Morgan fingerprint density at radius 1 is 1.38 bits per heavy atom. The Balaban J connectivity index is 2.41. The molecule has 1 heterocycles. The first-order valence-corrected chi connectivity index (χ1v) is 5.57. The summed E-state index contributed by atoms with van der Waals surface area (Å²) in [6.45, 7) is 0. The van der Waals surface area contributed by atoms with E-state index in [0.29, 0.717) is 6.42 Å². The summed E-state index contributed by atoms with van der Waals surface area (Å²) in [7, 11) is 0. The first kappa shape index (κ1) is 11.0. The zero-order valence-corrected chi connectivity index (χ0v) is 9.94. The number of aliphatic carboxylic acids is 1. The highest BCUT2D eigenvalue weighted by molar-refractivity contribution is 9.10. The van der Waals surface area contributed by atoms with E-state index in [9.17, 15) is 4.79 Å². The topological polar surface area (TPSA) is 63.1 Å². The molecular weight excluding hydrogens is 272 g/mol. The number of hydrogen-bond donors (Lipinski definition) is 1. The number of halogens is 1. The van der Waals surface area contributed by atoms with Gasteiger partial charge in [0.25, 0.3) is 0 Å². The summed E-state index contributed by atoms with van der Waals surface area (Å²) in [5, 5.41) is 9.55. The number of carboxylic acids is 1. The van der Waals surface area contributed by atoms with Gasteiger partial charge in [0, 0.05) is 16.3 Å². The Bertz CT molecular complexity index is 542. The van der Waals surface area contributed by atoms with E-state index in [1.165, 1.54) is 6.33 Å². The van der Waals surface area contributed by atoms with Crippen LogP contribution < -0.4 is 0 Å². The SMILES string of the molecule is O=C(O)CCc1ncnc2cc(Br)ccc12. The first-order chi connectivity index (χ1) is 7.66. The Kier molecular flexibility index (Phi) is 3.14. The van der Waals surface area contributed by atoms with Gasteiger partial charge in [0.05, 0.1) is 17.6 Å². The number of benzene rings is 1. The summed E-state index contributed by atoms with van der Waals surface area (Å²) in [6.07, 6.45) is 1.98. The van der Waals surface area contributed by atoms with Gasteiger partial charge in [-0.1, -0.05) is 15.9 Å². The molecule has 0 saturated heterocycles. The van der Waals surface area contributed by atoms with Gasteiger partial charge in [0.1, 0.15) is 6.33 Å². The molecule has 4 nitrogen and oxygen atoms in total. The molecule has 0 unspecified atom stereocenters. The fraction of sp³-hybridized carbons (Fsp3) is 0.182. The molecule has 0 bridgehead atoms. The zero-order chi connectivity index (χ0) is 11.5. The lowest BCUT2D eigenvalue weighted by molar-refractivity contribution is -0.136. The standard InChI is InChI=1S/C11H9BrN2O2/c12-7-1-2-8-9(3-4-11(15)16)13-6-14-10(8)5-7/h1-2,5-6H,3-4H2,(H,15,16). The average molecular weight is 281 g/mol. The second-order valence-corrected chi connectivity index (χ2v) is 4.29. The molecule has 0 atom stereocenters. The van der Waals surface area contributed by atoms with E-state index in [4.69, 9.17) is 5.11 Å². The summed E-state index contributed by atoms with van der Waals surface area (Å²) in [6, 6.07) is 5.69. The number of carbonyl (C=O) groups is 1. The molecule has 1 aromatic carbocycles. The molecule has 1 aromatic heterocycles. The van der Waals surface area contributed by atoms with Crippen LogP contribution in [0.4, 0.5) is 0 Å². The lowest BCUT2D eigenvalue weighted by Crippen LogP contribution is -2.00. The number of aryl methyl sites for hydroxylation is 1. The van der Waals surface area contributed by atoms with Crippen molar-refractivity contribution in [2.24, 2.45) is 0 Å². The minimum absolute atomic E-state index is 0.0855. The molecule has 0 aliphatic carbocycles. The second kappa shape index (κ2) is 4.57. The van der Waals surface area contributed by atoms with Crippen molar-refractivity contribution < 1.29 is 9.90 Å². The van der Waals surface area contributed by atoms with Crippen LogP contribution in [0.2, 0.25) is 0 Å². The summed E-state index contributed by atoms with van der Waals surface area (Å²) >= 11 is 3.36. The summed E-state index contributed by atoms with van der Waals surface area (Å²) in [5.74, 6) is -0.816. The van der Waals surface area contributed by atoms with E-state index in [2.05, 4.69) is 25.9 Å². The Labute approximate surface area is 100 Å². The van der Waals surface area contributed by atoms with Crippen LogP contribution in [0.25, 0.3) is 10.9 Å². The maximum atomic E-state index is 10.5. The smallest absolute Gasteiger partial charge is 0.303 e. The molecule has 1 N–H and O–H groups in total. The van der Waals surface area contributed by atoms with Crippen molar-refractivity contribution in [1.82, 2.24) is 9.97 Å². The van der Waals surface area contributed by atoms with Gasteiger partial charge in [0.15, 0.2) is 0 Å². The van der Waals surface area contributed by atoms with Crippen molar-refractivity contribution in [3.8, 4) is 0 Å². The first-order valence-electron chi connectivity index (χ1n) is 4.78. The van der Waals surface area contributed by atoms with Crippen LogP contribution in [0.15, 0.2) is 29.0 Å². The monoisotopic (exact) mass is 280 g/mol. The Morgan fingerprint density at radius 3 is 2.94 bits per heavy atom. The van der Waals surface area contributed by atoms with Crippen molar-refractivity contribution in [1.29, 1.82) is 0 Å². The third kappa shape index (κ3) is 2.36. The Morgan fingerprint density at radius 2 is 2.19 bits per heavy atom. The van der Waals surface area contributed by atoms with Gasteiger partial charge in [-0.15, -0.1) is 0 Å². The Hall–Kier alpha value is -1.49. The van der Waals surface area contributed by atoms with E-state index in [1.54, 1.807) is 0 Å².